The molecule has 2 aromatic carbocycles. The van der Waals surface area contributed by atoms with E-state index in [1.807, 2.05) is 36.4 Å². The van der Waals surface area contributed by atoms with Gasteiger partial charge in [-0.05, 0) is 66.3 Å². The zero-order valence-electron chi connectivity index (χ0n) is 19.2. The Labute approximate surface area is 218 Å². The molecule has 9 heteroatoms. The summed E-state index contributed by atoms with van der Waals surface area (Å²) in [5, 5.41) is 7.50. The zero-order valence-corrected chi connectivity index (χ0v) is 20.7. The van der Waals surface area contributed by atoms with Crippen molar-refractivity contribution in [2.75, 3.05) is 6.61 Å². The van der Waals surface area contributed by atoms with Crippen LogP contribution in [0, 0.1) is 5.92 Å². The first-order valence-corrected chi connectivity index (χ1v) is 12.3. The molecule has 1 aliphatic heterocycles. The summed E-state index contributed by atoms with van der Waals surface area (Å²) >= 11 is 12.3. The molecule has 1 aliphatic carbocycles. The topological polar surface area (TPSA) is 84.8 Å². The number of benzene rings is 2. The minimum atomic E-state index is -0.717. The molecule has 0 spiro atoms. The molecule has 0 radical (unpaired) electrons. The van der Waals surface area contributed by atoms with Crippen LogP contribution < -0.4 is 0 Å². The monoisotopic (exact) mass is 520 g/mol. The van der Waals surface area contributed by atoms with Crippen LogP contribution in [-0.2, 0) is 9.53 Å². The van der Waals surface area contributed by atoms with Gasteiger partial charge in [0.2, 0.25) is 0 Å². The first-order chi connectivity index (χ1) is 17.5. The molecule has 0 N–H and O–H groups in total. The van der Waals surface area contributed by atoms with Crippen molar-refractivity contribution >= 4 is 46.9 Å². The molecule has 7 nitrogen and oxygen atoms in total. The molecule has 3 aromatic rings. The fourth-order valence-corrected chi connectivity index (χ4v) is 4.99. The maximum atomic E-state index is 13.3. The molecular formula is C27H22Cl2N4O3. The molecule has 182 valence electrons. The Morgan fingerprint density at radius 1 is 1.08 bits per heavy atom. The lowest BCUT2D eigenvalue weighted by Crippen LogP contribution is -2.34. The Morgan fingerprint density at radius 2 is 1.92 bits per heavy atom. The van der Waals surface area contributed by atoms with Crippen LogP contribution in [-0.4, -0.2) is 39.2 Å². The van der Waals surface area contributed by atoms with Gasteiger partial charge in [0.1, 0.15) is 0 Å². The Hall–Kier alpha value is -3.55. The van der Waals surface area contributed by atoms with Crippen LogP contribution in [0.25, 0.3) is 6.08 Å². The molecule has 2 aliphatic rings. The van der Waals surface area contributed by atoms with Crippen molar-refractivity contribution in [3.63, 3.8) is 0 Å². The van der Waals surface area contributed by atoms with Gasteiger partial charge in [0.05, 0.1) is 18.0 Å². The van der Waals surface area contributed by atoms with E-state index in [-0.39, 0.29) is 17.7 Å². The molecule has 2 unspecified atom stereocenters. The van der Waals surface area contributed by atoms with Crippen LogP contribution in [0.1, 0.15) is 46.9 Å². The van der Waals surface area contributed by atoms with Crippen molar-refractivity contribution in [2.45, 2.75) is 25.3 Å². The predicted molar refractivity (Wildman–Crippen MR) is 138 cm³/mol. The van der Waals surface area contributed by atoms with E-state index >= 15 is 0 Å². The number of hydrazone groups is 1. The second kappa shape index (κ2) is 10.6. The summed E-state index contributed by atoms with van der Waals surface area (Å²) in [4.78, 5) is 33.4. The van der Waals surface area contributed by atoms with Crippen molar-refractivity contribution in [1.82, 2.24) is 15.0 Å². The lowest BCUT2D eigenvalue weighted by atomic mass is 9.77. The number of nitrogens with zero attached hydrogens (tertiary/aromatic N) is 4. The van der Waals surface area contributed by atoms with E-state index in [9.17, 15) is 9.59 Å². The van der Waals surface area contributed by atoms with Crippen LogP contribution >= 0.6 is 23.2 Å². The minimum absolute atomic E-state index is 0.00463. The second-order valence-electron chi connectivity index (χ2n) is 8.61. The highest BCUT2D eigenvalue weighted by Gasteiger charge is 2.43. The summed E-state index contributed by atoms with van der Waals surface area (Å²) in [6.07, 6.45) is 8.90. The van der Waals surface area contributed by atoms with E-state index in [2.05, 4.69) is 16.0 Å². The lowest BCUT2D eigenvalue weighted by Gasteiger charge is -2.29. The number of ether oxygens (including phenoxy) is 1. The summed E-state index contributed by atoms with van der Waals surface area (Å²) in [6, 6.07) is 14.7. The summed E-state index contributed by atoms with van der Waals surface area (Å²) in [5.74, 6) is -1.13. The molecule has 2 atom stereocenters. The number of allylic oxidation sites excluding steroid dienone is 1. The third-order valence-corrected chi connectivity index (χ3v) is 6.74. The van der Waals surface area contributed by atoms with Gasteiger partial charge in [0, 0.05) is 28.4 Å². The number of fused-ring (bicyclic) bond motifs is 1. The van der Waals surface area contributed by atoms with Gasteiger partial charge in [-0.15, -0.1) is 0 Å². The standard InChI is InChI=1S/C27H22Cl2N4O3/c28-20-9-7-18(8-10-20)26-22-6-2-4-19(13-17-3-1-5-21(29)14-17)25(22)32-33(26)24(34)16-36-27(35)23-15-30-11-12-31-23/h1,3,5,7-15,22,26H,2,4,6,16H2. The average molecular weight is 521 g/mol. The summed E-state index contributed by atoms with van der Waals surface area (Å²) in [6.45, 7) is -0.462. The zero-order chi connectivity index (χ0) is 25.1. The molecule has 5 rings (SSSR count). The normalized spacial score (nSPS) is 20.1. The molecule has 0 bridgehead atoms. The van der Waals surface area contributed by atoms with Gasteiger partial charge >= 0.3 is 5.97 Å². The summed E-state index contributed by atoms with van der Waals surface area (Å²) in [5.41, 5.74) is 3.87. The molecule has 1 fully saturated rings. The number of rotatable bonds is 5. The van der Waals surface area contributed by atoms with Crippen molar-refractivity contribution in [3.05, 3.63) is 99.6 Å². The van der Waals surface area contributed by atoms with E-state index in [1.54, 1.807) is 12.1 Å². The van der Waals surface area contributed by atoms with Gasteiger partial charge in [-0.2, -0.15) is 5.10 Å². The van der Waals surface area contributed by atoms with E-state index in [0.29, 0.717) is 10.0 Å². The average Bonchev–Trinajstić information content (AvgIpc) is 3.29. The van der Waals surface area contributed by atoms with Crippen LogP contribution in [0.4, 0.5) is 0 Å². The van der Waals surface area contributed by atoms with Crippen LogP contribution in [0.3, 0.4) is 0 Å². The van der Waals surface area contributed by atoms with Crippen LogP contribution in [0.2, 0.25) is 10.0 Å². The van der Waals surface area contributed by atoms with Gasteiger partial charge in [-0.3, -0.25) is 9.78 Å². The maximum absolute atomic E-state index is 13.3. The number of halogens is 2. The number of aromatic nitrogens is 2. The lowest BCUT2D eigenvalue weighted by molar-refractivity contribution is -0.137. The summed E-state index contributed by atoms with van der Waals surface area (Å²) < 4.78 is 5.24. The Bertz CT molecular complexity index is 1340. The molecular weight excluding hydrogens is 499 g/mol. The van der Waals surface area contributed by atoms with Crippen molar-refractivity contribution < 1.29 is 14.3 Å². The molecule has 36 heavy (non-hydrogen) atoms. The first kappa shape index (κ1) is 24.2. The molecule has 0 saturated heterocycles. The van der Waals surface area contributed by atoms with Crippen molar-refractivity contribution in [1.29, 1.82) is 0 Å². The largest absolute Gasteiger partial charge is 0.451 e. The molecule has 1 saturated carbocycles. The number of esters is 1. The second-order valence-corrected chi connectivity index (χ2v) is 9.48. The quantitative estimate of drug-likeness (QED) is 0.399. The van der Waals surface area contributed by atoms with E-state index in [1.165, 1.54) is 23.6 Å². The highest BCUT2D eigenvalue weighted by Crippen LogP contribution is 2.44. The molecule has 1 aromatic heterocycles. The SMILES string of the molecule is O=C(OCC(=O)N1N=C2C(=Cc3cccc(Cl)c3)CCCC2C1c1ccc(Cl)cc1)c1cnccn1. The Morgan fingerprint density at radius 3 is 2.67 bits per heavy atom. The highest BCUT2D eigenvalue weighted by atomic mass is 35.5. The third-order valence-electron chi connectivity index (χ3n) is 6.26. The van der Waals surface area contributed by atoms with Gasteiger partial charge < -0.3 is 4.74 Å². The number of carbonyl (C=O) groups excluding carboxylic acids is 2. The van der Waals surface area contributed by atoms with Crippen molar-refractivity contribution in [2.24, 2.45) is 11.0 Å². The van der Waals surface area contributed by atoms with Gasteiger partial charge in [0.25, 0.3) is 5.91 Å². The minimum Gasteiger partial charge on any atom is -0.451 e. The number of carbonyl (C=O) groups is 2. The Balaban J connectivity index is 1.45. The number of hydrogen-bond donors (Lipinski definition) is 0. The predicted octanol–water partition coefficient (Wildman–Crippen LogP) is 5.76. The summed E-state index contributed by atoms with van der Waals surface area (Å²) in [7, 11) is 0. The van der Waals surface area contributed by atoms with E-state index in [4.69, 9.17) is 33.0 Å². The van der Waals surface area contributed by atoms with Gasteiger partial charge in [-0.1, -0.05) is 47.5 Å². The van der Waals surface area contributed by atoms with Gasteiger partial charge in [-0.25, -0.2) is 14.8 Å². The fourth-order valence-electron chi connectivity index (χ4n) is 4.67. The smallest absolute Gasteiger partial charge is 0.359 e. The van der Waals surface area contributed by atoms with E-state index in [0.717, 1.165) is 41.7 Å². The fraction of sp³-hybridized carbons (Fsp3) is 0.222. The van der Waals surface area contributed by atoms with Gasteiger partial charge in [0.15, 0.2) is 12.3 Å². The Kier molecular flexibility index (Phi) is 7.11. The van der Waals surface area contributed by atoms with Crippen molar-refractivity contribution in [3.8, 4) is 0 Å². The third kappa shape index (κ3) is 5.17. The molecule has 1 amide bonds. The van der Waals surface area contributed by atoms with E-state index < -0.39 is 18.5 Å². The molecule has 2 heterocycles. The maximum Gasteiger partial charge on any atom is 0.359 e. The van der Waals surface area contributed by atoms with Crippen LogP contribution in [0.15, 0.2) is 77.8 Å². The highest BCUT2D eigenvalue weighted by molar-refractivity contribution is 6.31. The number of hydrogen-bond acceptors (Lipinski definition) is 6. The number of amides is 1. The first-order valence-electron chi connectivity index (χ1n) is 11.6. The van der Waals surface area contributed by atoms with Crippen LogP contribution in [0.5, 0.6) is 0 Å².